The number of hydrogen-bond donors (Lipinski definition) is 2. The first-order chi connectivity index (χ1) is 8.45. The van der Waals surface area contributed by atoms with Crippen molar-refractivity contribution in [3.05, 3.63) is 10.6 Å². The smallest absolute Gasteiger partial charge is 0.356 e. The lowest BCUT2D eigenvalue weighted by molar-refractivity contribution is 0.0687. The van der Waals surface area contributed by atoms with Crippen LogP contribution < -0.4 is 5.32 Å². The molecule has 0 saturated heterocycles. The van der Waals surface area contributed by atoms with Gasteiger partial charge in [0.15, 0.2) is 16.6 Å². The van der Waals surface area contributed by atoms with Gasteiger partial charge in [-0.3, -0.25) is 4.79 Å². The molecular weight excluding hydrogens is 272 g/mol. The number of ketones is 1. The van der Waals surface area contributed by atoms with Crippen LogP contribution in [0.5, 0.6) is 0 Å². The van der Waals surface area contributed by atoms with E-state index in [1.54, 1.807) is 11.8 Å². The molecule has 18 heavy (non-hydrogen) atoms. The van der Waals surface area contributed by atoms with Gasteiger partial charge in [-0.1, -0.05) is 11.3 Å². The van der Waals surface area contributed by atoms with Crippen LogP contribution >= 0.6 is 23.1 Å². The number of aromatic carboxylic acids is 1. The molecule has 100 valence electrons. The molecule has 0 bridgehead atoms. The Hall–Kier alpha value is -1.08. The fourth-order valence-electron chi connectivity index (χ4n) is 1.34. The molecule has 1 aromatic rings. The minimum Gasteiger partial charge on any atom is -0.476 e. The maximum Gasteiger partial charge on any atom is 0.356 e. The lowest BCUT2D eigenvalue weighted by Crippen LogP contribution is -2.15. The summed E-state index contributed by atoms with van der Waals surface area (Å²) < 4.78 is 0. The number of rotatable bonds is 7. The second-order valence-corrected chi connectivity index (χ2v) is 5.87. The van der Waals surface area contributed by atoms with E-state index in [-0.39, 0.29) is 22.4 Å². The molecular formula is C11H16N2O3S2. The molecule has 1 atom stereocenters. The Morgan fingerprint density at radius 2 is 2.22 bits per heavy atom. The molecule has 0 spiro atoms. The highest BCUT2D eigenvalue weighted by Crippen LogP contribution is 2.24. The van der Waals surface area contributed by atoms with Gasteiger partial charge in [-0.2, -0.15) is 11.8 Å². The second kappa shape index (κ2) is 6.75. The number of carboxylic acids is 1. The van der Waals surface area contributed by atoms with E-state index in [4.69, 9.17) is 5.11 Å². The van der Waals surface area contributed by atoms with Crippen molar-refractivity contribution in [1.82, 2.24) is 4.98 Å². The van der Waals surface area contributed by atoms with Crippen LogP contribution in [0.3, 0.4) is 0 Å². The zero-order chi connectivity index (χ0) is 13.7. The summed E-state index contributed by atoms with van der Waals surface area (Å²) in [6.45, 7) is 3.35. The van der Waals surface area contributed by atoms with Crippen molar-refractivity contribution in [2.75, 3.05) is 17.3 Å². The number of nitrogens with zero attached hydrogens (tertiary/aromatic N) is 1. The summed E-state index contributed by atoms with van der Waals surface area (Å²) in [6, 6.07) is 0.199. The van der Waals surface area contributed by atoms with Crippen LogP contribution in [0.1, 0.15) is 40.4 Å². The zero-order valence-corrected chi connectivity index (χ0v) is 12.2. The SMILES string of the molecule is CSCCC(C)Nc1nc(C(=O)O)c(C(C)=O)s1. The molecule has 5 nitrogen and oxygen atoms in total. The number of carbonyl (C=O) groups excluding carboxylic acids is 1. The molecule has 1 aromatic heterocycles. The number of anilines is 1. The highest BCUT2D eigenvalue weighted by atomic mass is 32.2. The van der Waals surface area contributed by atoms with Crippen LogP contribution in [0.25, 0.3) is 0 Å². The van der Waals surface area contributed by atoms with E-state index in [0.717, 1.165) is 23.5 Å². The van der Waals surface area contributed by atoms with E-state index >= 15 is 0 Å². The van der Waals surface area contributed by atoms with E-state index in [9.17, 15) is 9.59 Å². The van der Waals surface area contributed by atoms with E-state index in [1.807, 2.05) is 13.2 Å². The van der Waals surface area contributed by atoms with Crippen LogP contribution in [0.15, 0.2) is 0 Å². The molecule has 2 N–H and O–H groups in total. The summed E-state index contributed by atoms with van der Waals surface area (Å²) in [5, 5.41) is 12.6. The Morgan fingerprint density at radius 1 is 1.56 bits per heavy atom. The summed E-state index contributed by atoms with van der Waals surface area (Å²) in [5.41, 5.74) is -0.160. The average molecular weight is 288 g/mol. The molecule has 0 radical (unpaired) electrons. The maximum absolute atomic E-state index is 11.3. The third kappa shape index (κ3) is 3.99. The van der Waals surface area contributed by atoms with Gasteiger partial charge < -0.3 is 10.4 Å². The largest absolute Gasteiger partial charge is 0.476 e. The van der Waals surface area contributed by atoms with Crippen LogP contribution in [0, 0.1) is 0 Å². The van der Waals surface area contributed by atoms with E-state index in [1.165, 1.54) is 6.92 Å². The topological polar surface area (TPSA) is 79.3 Å². The van der Waals surface area contributed by atoms with Gasteiger partial charge in [0.2, 0.25) is 0 Å². The predicted molar refractivity (Wildman–Crippen MR) is 75.2 cm³/mol. The van der Waals surface area contributed by atoms with Crippen molar-refractivity contribution in [3.63, 3.8) is 0 Å². The summed E-state index contributed by atoms with van der Waals surface area (Å²) in [7, 11) is 0. The molecule has 0 aliphatic carbocycles. The van der Waals surface area contributed by atoms with E-state index in [2.05, 4.69) is 10.3 Å². The average Bonchev–Trinajstić information content (AvgIpc) is 2.70. The van der Waals surface area contributed by atoms with Gasteiger partial charge >= 0.3 is 5.97 Å². The van der Waals surface area contributed by atoms with Gasteiger partial charge in [-0.05, 0) is 25.4 Å². The molecule has 0 saturated carbocycles. The maximum atomic E-state index is 11.3. The first-order valence-electron chi connectivity index (χ1n) is 5.46. The molecule has 0 aromatic carbocycles. The number of carboxylic acid groups (broad SMARTS) is 1. The Bertz CT molecular complexity index is 414. The molecule has 7 heteroatoms. The van der Waals surface area contributed by atoms with Crippen molar-refractivity contribution in [1.29, 1.82) is 0 Å². The molecule has 0 aliphatic rings. The highest BCUT2D eigenvalue weighted by Gasteiger charge is 2.20. The van der Waals surface area contributed by atoms with Crippen molar-refractivity contribution >= 4 is 40.0 Å². The minimum absolute atomic E-state index is 0.160. The number of thioether (sulfide) groups is 1. The fraction of sp³-hybridized carbons (Fsp3) is 0.545. The molecule has 1 rings (SSSR count). The molecule has 0 amide bonds. The van der Waals surface area contributed by atoms with Crippen molar-refractivity contribution in [2.45, 2.75) is 26.3 Å². The standard InChI is InChI=1S/C11H16N2O3S2/c1-6(4-5-17-3)12-11-13-8(10(15)16)9(18-11)7(2)14/h6H,4-5H2,1-3H3,(H,12,13)(H,15,16). The predicted octanol–water partition coefficient (Wildman–Crippen LogP) is 2.60. The third-order valence-electron chi connectivity index (χ3n) is 2.27. The van der Waals surface area contributed by atoms with E-state index in [0.29, 0.717) is 5.13 Å². The van der Waals surface area contributed by atoms with Gasteiger partial charge in [0.1, 0.15) is 4.88 Å². The van der Waals surface area contributed by atoms with Gasteiger partial charge in [-0.15, -0.1) is 0 Å². The molecule has 1 unspecified atom stereocenters. The number of aromatic nitrogens is 1. The van der Waals surface area contributed by atoms with Gasteiger partial charge in [-0.25, -0.2) is 9.78 Å². The fourth-order valence-corrected chi connectivity index (χ4v) is 2.90. The van der Waals surface area contributed by atoms with Gasteiger partial charge in [0, 0.05) is 13.0 Å². The van der Waals surface area contributed by atoms with Crippen LogP contribution in [-0.2, 0) is 0 Å². The van der Waals surface area contributed by atoms with Gasteiger partial charge in [0.25, 0.3) is 0 Å². The lowest BCUT2D eigenvalue weighted by Gasteiger charge is -2.11. The van der Waals surface area contributed by atoms with Crippen molar-refractivity contribution < 1.29 is 14.7 Å². The minimum atomic E-state index is -1.17. The normalized spacial score (nSPS) is 12.2. The Morgan fingerprint density at radius 3 is 2.67 bits per heavy atom. The monoisotopic (exact) mass is 288 g/mol. The summed E-state index contributed by atoms with van der Waals surface area (Å²) in [6.07, 6.45) is 2.99. The summed E-state index contributed by atoms with van der Waals surface area (Å²) in [4.78, 5) is 26.4. The van der Waals surface area contributed by atoms with Crippen molar-refractivity contribution in [2.24, 2.45) is 0 Å². The quantitative estimate of drug-likeness (QED) is 0.751. The number of hydrogen-bond acceptors (Lipinski definition) is 6. The highest BCUT2D eigenvalue weighted by molar-refractivity contribution is 7.98. The number of thiazole rings is 1. The Kier molecular flexibility index (Phi) is 5.61. The summed E-state index contributed by atoms with van der Waals surface area (Å²) in [5.74, 6) is -0.416. The first-order valence-corrected chi connectivity index (χ1v) is 7.67. The second-order valence-electron chi connectivity index (χ2n) is 3.88. The summed E-state index contributed by atoms with van der Waals surface area (Å²) >= 11 is 2.85. The lowest BCUT2D eigenvalue weighted by atomic mass is 10.3. The van der Waals surface area contributed by atoms with E-state index < -0.39 is 5.97 Å². The van der Waals surface area contributed by atoms with Gasteiger partial charge in [0.05, 0.1) is 0 Å². The number of Topliss-reactive ketones (excluding diaryl/α,β-unsaturated/α-hetero) is 1. The molecule has 1 heterocycles. The van der Waals surface area contributed by atoms with Crippen LogP contribution in [0.2, 0.25) is 0 Å². The Balaban J connectivity index is 2.81. The molecule has 0 aliphatic heterocycles. The van der Waals surface area contributed by atoms with Crippen LogP contribution in [-0.4, -0.2) is 39.9 Å². The first kappa shape index (κ1) is 15.0. The number of carbonyl (C=O) groups is 2. The number of nitrogens with one attached hydrogen (secondary N) is 1. The van der Waals surface area contributed by atoms with Crippen molar-refractivity contribution in [3.8, 4) is 0 Å². The molecule has 0 fully saturated rings. The van der Waals surface area contributed by atoms with Crippen LogP contribution in [0.4, 0.5) is 5.13 Å². The third-order valence-corrected chi connectivity index (χ3v) is 4.01. The zero-order valence-electron chi connectivity index (χ0n) is 10.5. The Labute approximate surface area is 114 Å².